The molecule has 0 aliphatic carbocycles. The van der Waals surface area contributed by atoms with Crippen LogP contribution in [0.25, 0.3) is 10.9 Å². The fraction of sp³-hybridized carbons (Fsp3) is 0.160. The Labute approximate surface area is 187 Å². The van der Waals surface area contributed by atoms with E-state index in [4.69, 9.17) is 4.74 Å². The molecule has 0 aliphatic rings. The normalized spacial score (nSPS) is 11.7. The van der Waals surface area contributed by atoms with Crippen molar-refractivity contribution in [3.8, 4) is 5.75 Å². The number of fused-ring (bicyclic) bond motifs is 1. The summed E-state index contributed by atoms with van der Waals surface area (Å²) in [6.45, 7) is 2.04. The van der Waals surface area contributed by atoms with Gasteiger partial charge in [-0.15, -0.1) is 0 Å². The largest absolute Gasteiger partial charge is 0.497 e. The highest BCUT2D eigenvalue weighted by Crippen LogP contribution is 2.23. The number of nitrogens with zero attached hydrogens (tertiary/aromatic N) is 1. The molecule has 1 N–H and O–H groups in total. The van der Waals surface area contributed by atoms with E-state index in [-0.39, 0.29) is 23.5 Å². The van der Waals surface area contributed by atoms with Crippen molar-refractivity contribution < 1.29 is 13.2 Å². The van der Waals surface area contributed by atoms with Gasteiger partial charge < -0.3 is 9.72 Å². The Hall–Kier alpha value is -3.42. The van der Waals surface area contributed by atoms with Gasteiger partial charge in [-0.3, -0.25) is 4.79 Å². The van der Waals surface area contributed by atoms with Crippen molar-refractivity contribution in [3.05, 3.63) is 106 Å². The van der Waals surface area contributed by atoms with E-state index in [0.29, 0.717) is 11.3 Å². The second-order valence-corrected chi connectivity index (χ2v) is 9.59. The van der Waals surface area contributed by atoms with Gasteiger partial charge in [-0.1, -0.05) is 42.5 Å². The number of aromatic nitrogens is 1. The van der Waals surface area contributed by atoms with Crippen molar-refractivity contribution in [2.75, 3.05) is 7.11 Å². The van der Waals surface area contributed by atoms with Crippen molar-refractivity contribution in [2.45, 2.75) is 24.9 Å². The van der Waals surface area contributed by atoms with Crippen molar-refractivity contribution in [2.24, 2.45) is 0 Å². The van der Waals surface area contributed by atoms with Crippen molar-refractivity contribution in [1.29, 1.82) is 0 Å². The number of methoxy groups -OCH3 is 1. The lowest BCUT2D eigenvalue weighted by molar-refractivity contribution is 0.399. The van der Waals surface area contributed by atoms with Crippen LogP contribution in [0.15, 0.2) is 88.6 Å². The predicted molar refractivity (Wildman–Crippen MR) is 125 cm³/mol. The second-order valence-electron chi connectivity index (χ2n) is 7.65. The number of aromatic amines is 1. The molecule has 0 unspecified atom stereocenters. The van der Waals surface area contributed by atoms with Gasteiger partial charge in [0.2, 0.25) is 10.0 Å². The van der Waals surface area contributed by atoms with Crippen LogP contribution in [0.1, 0.15) is 16.7 Å². The summed E-state index contributed by atoms with van der Waals surface area (Å²) in [5.41, 5.74) is 2.68. The van der Waals surface area contributed by atoms with Crippen LogP contribution in [0.5, 0.6) is 5.75 Å². The van der Waals surface area contributed by atoms with Gasteiger partial charge in [0.25, 0.3) is 5.56 Å². The number of H-pyrrole nitrogens is 1. The van der Waals surface area contributed by atoms with Crippen LogP contribution >= 0.6 is 0 Å². The molecule has 0 saturated carbocycles. The van der Waals surface area contributed by atoms with E-state index < -0.39 is 10.0 Å². The third kappa shape index (κ3) is 4.59. The second kappa shape index (κ2) is 8.98. The highest BCUT2D eigenvalue weighted by Gasteiger charge is 2.26. The molecule has 4 aromatic rings. The Morgan fingerprint density at radius 3 is 2.31 bits per heavy atom. The molecule has 6 nitrogen and oxygen atoms in total. The third-order valence-corrected chi connectivity index (χ3v) is 7.13. The molecule has 1 heterocycles. The van der Waals surface area contributed by atoms with E-state index in [0.717, 1.165) is 22.0 Å². The van der Waals surface area contributed by atoms with Gasteiger partial charge in [0, 0.05) is 24.2 Å². The molecular formula is C25H24N2O4S. The molecule has 0 bridgehead atoms. The van der Waals surface area contributed by atoms with Crippen LogP contribution in [0.2, 0.25) is 0 Å². The summed E-state index contributed by atoms with van der Waals surface area (Å²) < 4.78 is 33.5. The van der Waals surface area contributed by atoms with Crippen molar-refractivity contribution >= 4 is 20.9 Å². The van der Waals surface area contributed by atoms with Crippen LogP contribution in [0.4, 0.5) is 0 Å². The zero-order chi connectivity index (χ0) is 22.7. The maximum absolute atomic E-state index is 13.5. The van der Waals surface area contributed by atoms with E-state index in [9.17, 15) is 13.2 Å². The lowest BCUT2D eigenvalue weighted by Crippen LogP contribution is -2.32. The van der Waals surface area contributed by atoms with Gasteiger partial charge in [-0.25, -0.2) is 8.42 Å². The minimum atomic E-state index is -3.87. The average molecular weight is 449 g/mol. The Bertz CT molecular complexity index is 1400. The van der Waals surface area contributed by atoms with Gasteiger partial charge in [0.15, 0.2) is 0 Å². The minimum absolute atomic E-state index is 0.0532. The van der Waals surface area contributed by atoms with E-state index in [1.165, 1.54) is 23.5 Å². The van der Waals surface area contributed by atoms with Crippen LogP contribution in [0, 0.1) is 6.92 Å². The van der Waals surface area contributed by atoms with Crippen LogP contribution in [-0.4, -0.2) is 24.8 Å². The number of hydrogen-bond donors (Lipinski definition) is 1. The number of pyridine rings is 1. The Morgan fingerprint density at radius 2 is 1.62 bits per heavy atom. The quantitative estimate of drug-likeness (QED) is 0.459. The lowest BCUT2D eigenvalue weighted by atomic mass is 10.1. The molecule has 32 heavy (non-hydrogen) atoms. The molecule has 0 spiro atoms. The molecule has 3 aromatic carbocycles. The van der Waals surface area contributed by atoms with E-state index in [1.54, 1.807) is 18.2 Å². The number of aryl methyl sites for hydroxylation is 1. The van der Waals surface area contributed by atoms with Crippen LogP contribution < -0.4 is 10.3 Å². The van der Waals surface area contributed by atoms with Crippen LogP contribution in [0.3, 0.4) is 0 Å². The Balaban J connectivity index is 1.75. The molecule has 0 fully saturated rings. The first-order chi connectivity index (χ1) is 15.4. The number of hydrogen-bond acceptors (Lipinski definition) is 4. The van der Waals surface area contributed by atoms with Crippen molar-refractivity contribution in [3.63, 3.8) is 0 Å². The van der Waals surface area contributed by atoms with Gasteiger partial charge >= 0.3 is 0 Å². The first-order valence-corrected chi connectivity index (χ1v) is 11.6. The lowest BCUT2D eigenvalue weighted by Gasteiger charge is -2.22. The summed E-state index contributed by atoms with van der Waals surface area (Å²) >= 11 is 0. The molecule has 0 atom stereocenters. The molecule has 1 aromatic heterocycles. The summed E-state index contributed by atoms with van der Waals surface area (Å²) in [5.74, 6) is 0.569. The van der Waals surface area contributed by atoms with E-state index in [1.807, 2.05) is 55.5 Å². The van der Waals surface area contributed by atoms with Gasteiger partial charge in [-0.2, -0.15) is 4.31 Å². The first-order valence-electron chi connectivity index (χ1n) is 10.2. The standard InChI is InChI=1S/C25H24N2O4S/c1-18-8-9-20-15-21(25(28)26-24(20)14-18)17-27(16-19-6-4-3-5-7-19)32(29,30)23-12-10-22(31-2)11-13-23/h3-15H,16-17H2,1-2H3,(H,26,28). The molecular weight excluding hydrogens is 424 g/mol. The topological polar surface area (TPSA) is 79.5 Å². The summed E-state index contributed by atoms with van der Waals surface area (Å²) in [5, 5.41) is 0.853. The molecule has 0 aliphatic heterocycles. The van der Waals surface area contributed by atoms with Gasteiger partial charge in [0.05, 0.1) is 12.0 Å². The predicted octanol–water partition coefficient (Wildman–Crippen LogP) is 4.24. The highest BCUT2D eigenvalue weighted by molar-refractivity contribution is 7.89. The Morgan fingerprint density at radius 1 is 0.906 bits per heavy atom. The minimum Gasteiger partial charge on any atom is -0.497 e. The summed E-state index contributed by atoms with van der Waals surface area (Å²) in [4.78, 5) is 15.8. The fourth-order valence-electron chi connectivity index (χ4n) is 3.58. The molecule has 0 radical (unpaired) electrons. The average Bonchev–Trinajstić information content (AvgIpc) is 2.80. The smallest absolute Gasteiger partial charge is 0.252 e. The van der Waals surface area contributed by atoms with E-state index in [2.05, 4.69) is 4.98 Å². The SMILES string of the molecule is COc1ccc(S(=O)(=O)N(Cc2ccccc2)Cc2cc3ccc(C)cc3[nH]c2=O)cc1. The van der Waals surface area contributed by atoms with Gasteiger partial charge in [-0.05, 0) is 59.8 Å². The molecule has 4 rings (SSSR count). The molecule has 0 saturated heterocycles. The molecule has 7 heteroatoms. The number of rotatable bonds is 7. The zero-order valence-corrected chi connectivity index (χ0v) is 18.7. The zero-order valence-electron chi connectivity index (χ0n) is 17.9. The fourth-order valence-corrected chi connectivity index (χ4v) is 4.98. The van der Waals surface area contributed by atoms with Crippen molar-refractivity contribution in [1.82, 2.24) is 9.29 Å². The number of sulfonamides is 1. The summed E-state index contributed by atoms with van der Waals surface area (Å²) in [7, 11) is -2.35. The number of ether oxygens (including phenoxy) is 1. The maximum Gasteiger partial charge on any atom is 0.252 e. The first kappa shape index (κ1) is 21.8. The Kier molecular flexibility index (Phi) is 6.12. The molecule has 0 amide bonds. The summed E-state index contributed by atoms with van der Waals surface area (Å²) in [6, 6.07) is 23.1. The highest BCUT2D eigenvalue weighted by atomic mass is 32.2. The number of nitrogens with one attached hydrogen (secondary N) is 1. The third-order valence-electron chi connectivity index (χ3n) is 5.32. The maximum atomic E-state index is 13.5. The van der Waals surface area contributed by atoms with E-state index >= 15 is 0 Å². The monoisotopic (exact) mass is 448 g/mol. The number of benzene rings is 3. The molecule has 164 valence electrons. The van der Waals surface area contributed by atoms with Crippen LogP contribution in [-0.2, 0) is 23.1 Å². The summed E-state index contributed by atoms with van der Waals surface area (Å²) in [6.07, 6.45) is 0. The van der Waals surface area contributed by atoms with Gasteiger partial charge in [0.1, 0.15) is 5.75 Å².